The fourth-order valence-corrected chi connectivity index (χ4v) is 8.22. The predicted octanol–water partition coefficient (Wildman–Crippen LogP) is 8.47. The summed E-state index contributed by atoms with van der Waals surface area (Å²) in [7, 11) is -4.64. The highest BCUT2D eigenvalue weighted by molar-refractivity contribution is 7.97. The molecule has 1 aromatic heterocycles. The summed E-state index contributed by atoms with van der Waals surface area (Å²) in [4.78, 5) is 7.74. The van der Waals surface area contributed by atoms with Gasteiger partial charge in [0.05, 0.1) is 34.7 Å². The van der Waals surface area contributed by atoms with Gasteiger partial charge in [-0.25, -0.2) is 8.42 Å². The number of pyridine rings is 1. The molecule has 2 aliphatic heterocycles. The van der Waals surface area contributed by atoms with Crippen LogP contribution >= 0.6 is 0 Å². The maximum atomic E-state index is 10.4. The molecular weight excluding hydrogens is 699 g/mol. The molecular formula is C41H43NO8S2. The molecule has 0 amide bonds. The minimum atomic E-state index is -4.27. The van der Waals surface area contributed by atoms with Crippen molar-refractivity contribution >= 4 is 21.0 Å². The first-order valence-electron chi connectivity index (χ1n) is 17.5. The van der Waals surface area contributed by atoms with Crippen molar-refractivity contribution in [3.05, 3.63) is 133 Å². The van der Waals surface area contributed by atoms with Crippen LogP contribution in [0.25, 0.3) is 0 Å². The minimum absolute atomic E-state index is 0.165. The Balaban J connectivity index is 0.000000362. The lowest BCUT2D eigenvalue weighted by Crippen LogP contribution is -2.25. The van der Waals surface area contributed by atoms with Gasteiger partial charge in [-0.1, -0.05) is 29.8 Å². The molecule has 2 fully saturated rings. The van der Waals surface area contributed by atoms with Crippen LogP contribution in [-0.4, -0.2) is 43.7 Å². The van der Waals surface area contributed by atoms with Gasteiger partial charge in [0.25, 0.3) is 0 Å². The van der Waals surface area contributed by atoms with Crippen molar-refractivity contribution < 1.29 is 36.7 Å². The third kappa shape index (κ3) is 11.1. The van der Waals surface area contributed by atoms with E-state index in [9.17, 15) is 13.0 Å². The van der Waals surface area contributed by atoms with E-state index in [1.807, 2.05) is 55.5 Å². The standard InChI is InChI=1S/C34H36NO5S.C7H8O3S/c1-4-21-35-26(8-1)25-38-29-9-7-10-32(24-29)41(30-17-13-27(14-18-30)39-33-11-2-5-22-36-33)31-19-15-28(16-20-31)40-34-12-3-6-23-37-34;1-6-2-4-7(5-3-6)11(8,9)10/h1,4,7-10,13-21,24,33-34H,2-3,5-6,11-12,22-23,25H2;2-5H,1H3,(H,8,9,10)/q+1;/p-1. The molecule has 0 radical (unpaired) electrons. The van der Waals surface area contributed by atoms with Gasteiger partial charge in [-0.15, -0.1) is 0 Å². The van der Waals surface area contributed by atoms with E-state index in [0.717, 1.165) is 85.1 Å². The Hall–Kier alpha value is -4.39. The van der Waals surface area contributed by atoms with Crippen LogP contribution in [0.15, 0.2) is 141 Å². The Morgan fingerprint density at radius 2 is 1.29 bits per heavy atom. The van der Waals surface area contributed by atoms with Crippen LogP contribution in [0.5, 0.6) is 17.2 Å². The van der Waals surface area contributed by atoms with Gasteiger partial charge in [-0.2, -0.15) is 0 Å². The van der Waals surface area contributed by atoms with Gasteiger partial charge in [0.1, 0.15) is 34.0 Å². The summed E-state index contributed by atoms with van der Waals surface area (Å²) in [5, 5.41) is 0. The zero-order valence-corrected chi connectivity index (χ0v) is 30.7. The molecule has 0 N–H and O–H groups in total. The minimum Gasteiger partial charge on any atom is -0.744 e. The van der Waals surface area contributed by atoms with Crippen molar-refractivity contribution in [1.82, 2.24) is 4.98 Å². The molecule has 7 rings (SSSR count). The lowest BCUT2D eigenvalue weighted by Gasteiger charge is -2.23. The number of hydrogen-bond acceptors (Lipinski definition) is 9. The lowest BCUT2D eigenvalue weighted by molar-refractivity contribution is -0.106. The van der Waals surface area contributed by atoms with Gasteiger partial charge in [0, 0.05) is 25.1 Å². The van der Waals surface area contributed by atoms with Gasteiger partial charge in [0.2, 0.25) is 0 Å². The summed E-state index contributed by atoms with van der Waals surface area (Å²) in [6.45, 7) is 3.76. The Morgan fingerprint density at radius 1 is 0.692 bits per heavy atom. The van der Waals surface area contributed by atoms with Gasteiger partial charge < -0.3 is 28.2 Å². The lowest BCUT2D eigenvalue weighted by atomic mass is 10.2. The van der Waals surface area contributed by atoms with Crippen LogP contribution in [0.4, 0.5) is 0 Å². The average Bonchev–Trinajstić information content (AvgIpc) is 3.17. The van der Waals surface area contributed by atoms with E-state index >= 15 is 0 Å². The smallest absolute Gasteiger partial charge is 0.199 e. The molecule has 9 nitrogen and oxygen atoms in total. The average molecular weight is 742 g/mol. The number of aromatic nitrogens is 1. The molecule has 0 aliphatic carbocycles. The first-order valence-corrected chi connectivity index (χ1v) is 20.1. The van der Waals surface area contributed by atoms with E-state index in [1.54, 1.807) is 18.3 Å². The molecule has 3 heterocycles. The fraction of sp³-hybridized carbons (Fsp3) is 0.293. The van der Waals surface area contributed by atoms with Crippen LogP contribution < -0.4 is 14.2 Å². The van der Waals surface area contributed by atoms with E-state index < -0.39 is 10.1 Å². The van der Waals surface area contributed by atoms with Crippen molar-refractivity contribution in [3.8, 4) is 17.2 Å². The molecule has 2 saturated heterocycles. The monoisotopic (exact) mass is 741 g/mol. The Morgan fingerprint density at radius 3 is 1.79 bits per heavy atom. The SMILES string of the molecule is Cc1ccc(S(=O)(=O)[O-])cc1.c1ccc(COc2cccc([S+](c3ccc(OC4CCCCO4)cc3)c3ccc(OC4CCCCO4)cc3)c2)nc1. The zero-order valence-electron chi connectivity index (χ0n) is 29.1. The highest BCUT2D eigenvalue weighted by Crippen LogP contribution is 2.35. The molecule has 272 valence electrons. The summed E-state index contributed by atoms with van der Waals surface area (Å²) in [5.41, 5.74) is 1.82. The second kappa shape index (κ2) is 18.4. The van der Waals surface area contributed by atoms with Crippen molar-refractivity contribution in [2.45, 2.75) is 84.2 Å². The molecule has 0 spiro atoms. The van der Waals surface area contributed by atoms with Crippen LogP contribution in [0.1, 0.15) is 49.8 Å². The van der Waals surface area contributed by atoms with E-state index in [1.165, 1.54) is 21.9 Å². The maximum absolute atomic E-state index is 10.4. The number of nitrogens with zero attached hydrogens (tertiary/aromatic N) is 1. The predicted molar refractivity (Wildman–Crippen MR) is 198 cm³/mol. The molecule has 4 aromatic carbocycles. The third-order valence-electron chi connectivity index (χ3n) is 8.39. The molecule has 11 heteroatoms. The van der Waals surface area contributed by atoms with Crippen LogP contribution in [0.2, 0.25) is 0 Å². The van der Waals surface area contributed by atoms with Gasteiger partial charge >= 0.3 is 0 Å². The number of rotatable bonds is 11. The van der Waals surface area contributed by atoms with Gasteiger partial charge in [-0.05, 0) is 118 Å². The Bertz CT molecular complexity index is 1870. The Labute approximate surface area is 309 Å². The number of aryl methyl sites for hydroxylation is 1. The second-order valence-electron chi connectivity index (χ2n) is 12.4. The maximum Gasteiger partial charge on any atom is 0.199 e. The fourth-order valence-electron chi connectivity index (χ4n) is 5.67. The van der Waals surface area contributed by atoms with Crippen LogP contribution in [0, 0.1) is 6.92 Å². The van der Waals surface area contributed by atoms with Crippen molar-refractivity contribution in [2.75, 3.05) is 13.2 Å². The molecule has 2 unspecified atom stereocenters. The normalized spacial score (nSPS) is 18.0. The summed E-state index contributed by atoms with van der Waals surface area (Å²) in [6, 6.07) is 36.8. The summed E-state index contributed by atoms with van der Waals surface area (Å²) in [6.07, 6.45) is 7.79. The Kier molecular flexibility index (Phi) is 13.2. The van der Waals surface area contributed by atoms with Gasteiger partial charge in [-0.3, -0.25) is 4.98 Å². The van der Waals surface area contributed by atoms with E-state index in [2.05, 4.69) is 47.4 Å². The third-order valence-corrected chi connectivity index (χ3v) is 11.5. The molecule has 2 atom stereocenters. The molecule has 0 saturated carbocycles. The highest BCUT2D eigenvalue weighted by Gasteiger charge is 2.30. The quantitative estimate of drug-likeness (QED) is 0.0971. The number of ether oxygens (including phenoxy) is 5. The first-order chi connectivity index (χ1) is 25.3. The van der Waals surface area contributed by atoms with Gasteiger partial charge in [0.15, 0.2) is 27.3 Å². The summed E-state index contributed by atoms with van der Waals surface area (Å²) >= 11 is 0. The molecule has 2 aliphatic rings. The summed E-state index contributed by atoms with van der Waals surface area (Å²) in [5.74, 6) is 2.47. The van der Waals surface area contributed by atoms with Crippen LogP contribution in [0.3, 0.4) is 0 Å². The first kappa shape index (κ1) is 37.4. The van der Waals surface area contributed by atoms with Crippen molar-refractivity contribution in [1.29, 1.82) is 0 Å². The number of hydrogen-bond donors (Lipinski definition) is 0. The second-order valence-corrected chi connectivity index (χ2v) is 15.8. The highest BCUT2D eigenvalue weighted by atomic mass is 32.2. The molecule has 0 bridgehead atoms. The van der Waals surface area contributed by atoms with E-state index in [4.69, 9.17) is 23.7 Å². The van der Waals surface area contributed by atoms with Crippen molar-refractivity contribution in [3.63, 3.8) is 0 Å². The topological polar surface area (TPSA) is 116 Å². The molecule has 52 heavy (non-hydrogen) atoms. The van der Waals surface area contributed by atoms with Crippen LogP contribution in [-0.2, 0) is 37.1 Å². The molecule has 5 aromatic rings. The summed E-state index contributed by atoms with van der Waals surface area (Å²) < 4.78 is 61.1. The van der Waals surface area contributed by atoms with Crippen molar-refractivity contribution in [2.24, 2.45) is 0 Å². The largest absolute Gasteiger partial charge is 0.744 e. The van der Waals surface area contributed by atoms with E-state index in [0.29, 0.717) is 6.61 Å². The zero-order chi connectivity index (χ0) is 36.2. The van der Waals surface area contributed by atoms with E-state index in [-0.39, 0.29) is 28.4 Å². The number of benzene rings is 4.